The average molecular weight is 411 g/mol. The fourth-order valence-electron chi connectivity index (χ4n) is 3.63. The normalized spacial score (nSPS) is 14.6. The van der Waals surface area contributed by atoms with Crippen LogP contribution in [-0.2, 0) is 21.8 Å². The highest BCUT2D eigenvalue weighted by Crippen LogP contribution is 2.16. The lowest BCUT2D eigenvalue weighted by Crippen LogP contribution is -2.47. The van der Waals surface area contributed by atoms with Gasteiger partial charge in [0.15, 0.2) is 0 Å². The van der Waals surface area contributed by atoms with Gasteiger partial charge in [-0.1, -0.05) is 60.2 Å². The SMILES string of the molecule is Cc1cccc(CSCC(=O)N2CCC(NC(=O)CCc3ccccc3)CC2)c1. The Morgan fingerprint density at radius 1 is 1.03 bits per heavy atom. The number of benzene rings is 2. The third-order valence-electron chi connectivity index (χ3n) is 5.27. The zero-order valence-electron chi connectivity index (χ0n) is 17.1. The topological polar surface area (TPSA) is 49.4 Å². The van der Waals surface area contributed by atoms with E-state index in [-0.39, 0.29) is 17.9 Å². The minimum Gasteiger partial charge on any atom is -0.353 e. The number of hydrogen-bond donors (Lipinski definition) is 1. The third kappa shape index (κ3) is 7.24. The molecule has 2 amide bonds. The number of aryl methyl sites for hydroxylation is 2. The van der Waals surface area contributed by atoms with Gasteiger partial charge in [-0.3, -0.25) is 9.59 Å². The molecule has 0 saturated carbocycles. The molecule has 1 aliphatic rings. The maximum absolute atomic E-state index is 12.5. The highest BCUT2D eigenvalue weighted by Gasteiger charge is 2.23. The molecule has 0 aromatic heterocycles. The number of nitrogens with zero attached hydrogens (tertiary/aromatic N) is 1. The van der Waals surface area contributed by atoms with Crippen LogP contribution in [0.1, 0.15) is 36.0 Å². The van der Waals surface area contributed by atoms with Gasteiger partial charge in [-0.25, -0.2) is 0 Å². The van der Waals surface area contributed by atoms with E-state index in [4.69, 9.17) is 0 Å². The highest BCUT2D eigenvalue weighted by atomic mass is 32.2. The molecule has 29 heavy (non-hydrogen) atoms. The number of thioether (sulfide) groups is 1. The number of nitrogens with one attached hydrogen (secondary N) is 1. The summed E-state index contributed by atoms with van der Waals surface area (Å²) in [6, 6.07) is 18.7. The van der Waals surface area contributed by atoms with Crippen LogP contribution in [0.5, 0.6) is 0 Å². The van der Waals surface area contributed by atoms with E-state index in [1.165, 1.54) is 16.7 Å². The van der Waals surface area contributed by atoms with Crippen LogP contribution >= 0.6 is 11.8 Å². The van der Waals surface area contributed by atoms with E-state index in [1.54, 1.807) is 11.8 Å². The fraction of sp³-hybridized carbons (Fsp3) is 0.417. The summed E-state index contributed by atoms with van der Waals surface area (Å²) in [5.41, 5.74) is 3.70. The Labute approximate surface area is 178 Å². The predicted molar refractivity (Wildman–Crippen MR) is 120 cm³/mol. The summed E-state index contributed by atoms with van der Waals surface area (Å²) < 4.78 is 0. The molecular formula is C24H30N2O2S. The van der Waals surface area contributed by atoms with Gasteiger partial charge in [0.1, 0.15) is 0 Å². The van der Waals surface area contributed by atoms with Crippen molar-refractivity contribution < 1.29 is 9.59 Å². The molecule has 2 aromatic rings. The number of carbonyl (C=O) groups is 2. The number of likely N-dealkylation sites (tertiary alicyclic amines) is 1. The highest BCUT2D eigenvalue weighted by molar-refractivity contribution is 7.99. The molecule has 0 spiro atoms. The molecule has 1 aliphatic heterocycles. The van der Waals surface area contributed by atoms with Gasteiger partial charge in [0.2, 0.25) is 11.8 Å². The van der Waals surface area contributed by atoms with Gasteiger partial charge in [0, 0.05) is 31.3 Å². The van der Waals surface area contributed by atoms with Crippen molar-refractivity contribution in [1.82, 2.24) is 10.2 Å². The van der Waals surface area contributed by atoms with Crippen LogP contribution in [0.25, 0.3) is 0 Å². The summed E-state index contributed by atoms with van der Waals surface area (Å²) in [5.74, 6) is 1.69. The Hall–Kier alpha value is -2.27. The smallest absolute Gasteiger partial charge is 0.232 e. The van der Waals surface area contributed by atoms with Gasteiger partial charge < -0.3 is 10.2 Å². The molecule has 1 saturated heterocycles. The summed E-state index contributed by atoms with van der Waals surface area (Å²) in [6.45, 7) is 3.55. The van der Waals surface area contributed by atoms with Gasteiger partial charge in [-0.05, 0) is 37.3 Å². The number of amides is 2. The van der Waals surface area contributed by atoms with Crippen LogP contribution in [0, 0.1) is 6.92 Å². The molecule has 3 rings (SSSR count). The van der Waals surface area contributed by atoms with E-state index in [0.717, 1.165) is 38.1 Å². The molecule has 1 N–H and O–H groups in total. The van der Waals surface area contributed by atoms with Crippen molar-refractivity contribution in [3.8, 4) is 0 Å². The zero-order chi connectivity index (χ0) is 20.5. The molecule has 0 unspecified atom stereocenters. The first-order valence-corrected chi connectivity index (χ1v) is 11.5. The van der Waals surface area contributed by atoms with E-state index >= 15 is 0 Å². The van der Waals surface area contributed by atoms with Crippen LogP contribution < -0.4 is 5.32 Å². The van der Waals surface area contributed by atoms with E-state index < -0.39 is 0 Å². The summed E-state index contributed by atoms with van der Waals surface area (Å²) in [4.78, 5) is 26.6. The summed E-state index contributed by atoms with van der Waals surface area (Å²) in [6.07, 6.45) is 2.96. The van der Waals surface area contributed by atoms with Crippen molar-refractivity contribution in [2.45, 2.75) is 44.4 Å². The van der Waals surface area contributed by atoms with Crippen LogP contribution in [0.3, 0.4) is 0 Å². The summed E-state index contributed by atoms with van der Waals surface area (Å²) >= 11 is 1.67. The maximum Gasteiger partial charge on any atom is 0.232 e. The van der Waals surface area contributed by atoms with E-state index in [2.05, 4.69) is 36.5 Å². The third-order valence-corrected chi connectivity index (χ3v) is 6.26. The molecule has 0 radical (unpaired) electrons. The summed E-state index contributed by atoms with van der Waals surface area (Å²) in [5, 5.41) is 3.14. The van der Waals surface area contributed by atoms with Crippen molar-refractivity contribution in [3.05, 3.63) is 71.3 Å². The second-order valence-electron chi connectivity index (χ2n) is 7.69. The molecule has 0 aliphatic carbocycles. The lowest BCUT2D eigenvalue weighted by molar-refractivity contribution is -0.129. The van der Waals surface area contributed by atoms with Crippen molar-refractivity contribution in [3.63, 3.8) is 0 Å². The predicted octanol–water partition coefficient (Wildman–Crippen LogP) is 3.97. The number of hydrogen-bond acceptors (Lipinski definition) is 3. The Morgan fingerprint density at radius 2 is 1.76 bits per heavy atom. The second kappa shape index (κ2) is 11.1. The minimum absolute atomic E-state index is 0.104. The molecule has 0 atom stereocenters. The number of rotatable bonds is 8. The fourth-order valence-corrected chi connectivity index (χ4v) is 4.50. The van der Waals surface area contributed by atoms with Crippen molar-refractivity contribution in [2.24, 2.45) is 0 Å². The first kappa shape index (κ1) is 21.4. The Morgan fingerprint density at radius 3 is 2.48 bits per heavy atom. The van der Waals surface area contributed by atoms with Gasteiger partial charge in [-0.15, -0.1) is 11.8 Å². The molecule has 2 aromatic carbocycles. The average Bonchev–Trinajstić information content (AvgIpc) is 2.73. The lowest BCUT2D eigenvalue weighted by Gasteiger charge is -2.32. The van der Waals surface area contributed by atoms with Gasteiger partial charge >= 0.3 is 0 Å². The van der Waals surface area contributed by atoms with Crippen LogP contribution in [0.2, 0.25) is 0 Å². The number of carbonyl (C=O) groups excluding carboxylic acids is 2. The molecule has 0 bridgehead atoms. The van der Waals surface area contributed by atoms with Crippen molar-refractivity contribution >= 4 is 23.6 Å². The number of piperidine rings is 1. The summed E-state index contributed by atoms with van der Waals surface area (Å²) in [7, 11) is 0. The molecule has 154 valence electrons. The quantitative estimate of drug-likeness (QED) is 0.716. The first-order valence-electron chi connectivity index (χ1n) is 10.3. The van der Waals surface area contributed by atoms with Crippen molar-refractivity contribution in [2.75, 3.05) is 18.8 Å². The first-order chi connectivity index (χ1) is 14.1. The van der Waals surface area contributed by atoms with Gasteiger partial charge in [0.25, 0.3) is 0 Å². The maximum atomic E-state index is 12.5. The molecule has 1 heterocycles. The standard InChI is InChI=1S/C24H30N2O2S/c1-19-6-5-9-21(16-19)17-29-18-24(28)26-14-12-22(13-15-26)25-23(27)11-10-20-7-3-2-4-8-20/h2-9,16,22H,10-15,17-18H2,1H3,(H,25,27). The molecular weight excluding hydrogens is 380 g/mol. The zero-order valence-corrected chi connectivity index (χ0v) is 17.9. The second-order valence-corrected chi connectivity index (χ2v) is 8.68. The Kier molecular flexibility index (Phi) is 8.17. The van der Waals surface area contributed by atoms with Crippen LogP contribution in [-0.4, -0.2) is 41.6 Å². The van der Waals surface area contributed by atoms with Crippen LogP contribution in [0.4, 0.5) is 0 Å². The molecule has 5 heteroatoms. The van der Waals surface area contributed by atoms with Gasteiger partial charge in [-0.2, -0.15) is 0 Å². The Bertz CT molecular complexity index is 802. The molecule has 1 fully saturated rings. The van der Waals surface area contributed by atoms with Crippen molar-refractivity contribution in [1.29, 1.82) is 0 Å². The van der Waals surface area contributed by atoms with Crippen LogP contribution in [0.15, 0.2) is 54.6 Å². The van der Waals surface area contributed by atoms with E-state index in [9.17, 15) is 9.59 Å². The van der Waals surface area contributed by atoms with E-state index in [1.807, 2.05) is 35.2 Å². The van der Waals surface area contributed by atoms with Gasteiger partial charge in [0.05, 0.1) is 5.75 Å². The Balaban J connectivity index is 1.32. The van der Waals surface area contributed by atoms with E-state index in [0.29, 0.717) is 12.2 Å². The lowest BCUT2D eigenvalue weighted by atomic mass is 10.0. The largest absolute Gasteiger partial charge is 0.353 e. The molecule has 4 nitrogen and oxygen atoms in total. The minimum atomic E-state index is 0.104. The monoisotopic (exact) mass is 410 g/mol.